The van der Waals surface area contributed by atoms with Gasteiger partial charge in [-0.2, -0.15) is 0 Å². The number of rotatable bonds is 14. The van der Waals surface area contributed by atoms with Crippen LogP contribution in [0.4, 0.5) is 0 Å². The minimum Gasteiger partial charge on any atom is -0.481 e. The summed E-state index contributed by atoms with van der Waals surface area (Å²) >= 11 is 0. The molecule has 0 aromatic heterocycles. The topological polar surface area (TPSA) is 96.2 Å². The van der Waals surface area contributed by atoms with Crippen LogP contribution in [-0.2, 0) is 14.3 Å². The normalized spacial score (nSPS) is 12.5. The summed E-state index contributed by atoms with van der Waals surface area (Å²) in [6.45, 7) is 1.43. The van der Waals surface area contributed by atoms with Crippen molar-refractivity contribution in [2.24, 2.45) is 0 Å². The number of hydrogen-bond donors (Lipinski definition) is 3. The Morgan fingerprint density at radius 1 is 1.00 bits per heavy atom. The van der Waals surface area contributed by atoms with Crippen molar-refractivity contribution in [1.82, 2.24) is 0 Å². The summed E-state index contributed by atoms with van der Waals surface area (Å²) in [5.74, 6) is -0.753. The molecule has 0 aliphatic rings. The Morgan fingerprint density at radius 3 is 2.37 bits per heavy atom. The maximum atomic E-state index is 10.3. The van der Waals surface area contributed by atoms with E-state index in [4.69, 9.17) is 19.7 Å². The van der Waals surface area contributed by atoms with Gasteiger partial charge in [-0.15, -0.1) is 0 Å². The Balaban J connectivity index is 3.16. The van der Waals surface area contributed by atoms with Crippen molar-refractivity contribution in [3.63, 3.8) is 0 Å². The first-order valence-electron chi connectivity index (χ1n) is 6.83. The van der Waals surface area contributed by atoms with E-state index in [1.54, 1.807) is 0 Å². The van der Waals surface area contributed by atoms with E-state index in [1.165, 1.54) is 0 Å². The second kappa shape index (κ2) is 13.7. The third kappa shape index (κ3) is 15.3. The van der Waals surface area contributed by atoms with E-state index in [0.717, 1.165) is 19.3 Å². The summed E-state index contributed by atoms with van der Waals surface area (Å²) < 4.78 is 10.2. The van der Waals surface area contributed by atoms with Crippen LogP contribution in [0.15, 0.2) is 0 Å². The summed E-state index contributed by atoms with van der Waals surface area (Å²) in [6, 6.07) is 0. The van der Waals surface area contributed by atoms with E-state index in [9.17, 15) is 9.90 Å². The summed E-state index contributed by atoms with van der Waals surface area (Å²) in [5, 5.41) is 26.5. The highest BCUT2D eigenvalue weighted by atomic mass is 16.5. The van der Waals surface area contributed by atoms with Gasteiger partial charge < -0.3 is 24.8 Å². The summed E-state index contributed by atoms with van der Waals surface area (Å²) in [7, 11) is 0. The number of aliphatic hydroxyl groups is 2. The number of ether oxygens (including phenoxy) is 2. The number of aliphatic hydroxyl groups excluding tert-OH is 2. The third-order valence-electron chi connectivity index (χ3n) is 2.60. The van der Waals surface area contributed by atoms with Crippen molar-refractivity contribution >= 4 is 5.97 Å². The lowest BCUT2D eigenvalue weighted by molar-refractivity contribution is -0.137. The first-order chi connectivity index (χ1) is 9.16. The zero-order chi connectivity index (χ0) is 14.3. The number of aliphatic carboxylic acids is 1. The van der Waals surface area contributed by atoms with Crippen LogP contribution in [-0.4, -0.2) is 60.4 Å². The summed E-state index contributed by atoms with van der Waals surface area (Å²) in [5.41, 5.74) is 0. The molecule has 0 saturated heterocycles. The molecule has 0 rings (SSSR count). The van der Waals surface area contributed by atoms with Crippen LogP contribution in [0.1, 0.15) is 38.5 Å². The Kier molecular flexibility index (Phi) is 13.2. The predicted molar refractivity (Wildman–Crippen MR) is 70.1 cm³/mol. The lowest BCUT2D eigenvalue weighted by Gasteiger charge is -2.11. The van der Waals surface area contributed by atoms with Crippen molar-refractivity contribution in [1.29, 1.82) is 0 Å². The van der Waals surface area contributed by atoms with Gasteiger partial charge in [0.25, 0.3) is 0 Å². The quantitative estimate of drug-likeness (QED) is 0.407. The molecule has 0 radical (unpaired) electrons. The molecule has 0 saturated carbocycles. The summed E-state index contributed by atoms with van der Waals surface area (Å²) in [6.07, 6.45) is 3.82. The SMILES string of the molecule is O=C(O)CCCCCCC(O)COCCOCCO. The number of hydrogen-bond acceptors (Lipinski definition) is 5. The maximum absolute atomic E-state index is 10.3. The van der Waals surface area contributed by atoms with Crippen LogP contribution in [0, 0.1) is 0 Å². The average Bonchev–Trinajstić information content (AvgIpc) is 2.37. The lowest BCUT2D eigenvalue weighted by Crippen LogP contribution is -2.17. The maximum Gasteiger partial charge on any atom is 0.303 e. The first kappa shape index (κ1) is 18.3. The zero-order valence-corrected chi connectivity index (χ0v) is 11.4. The molecule has 3 N–H and O–H groups in total. The fourth-order valence-corrected chi connectivity index (χ4v) is 1.60. The van der Waals surface area contributed by atoms with Crippen molar-refractivity contribution in [3.05, 3.63) is 0 Å². The van der Waals surface area contributed by atoms with Gasteiger partial charge in [0, 0.05) is 6.42 Å². The molecule has 0 fully saturated rings. The van der Waals surface area contributed by atoms with E-state index in [-0.39, 0.29) is 19.6 Å². The Morgan fingerprint density at radius 2 is 1.68 bits per heavy atom. The lowest BCUT2D eigenvalue weighted by atomic mass is 10.1. The molecule has 0 aromatic carbocycles. The van der Waals surface area contributed by atoms with Gasteiger partial charge in [0.1, 0.15) is 0 Å². The minimum atomic E-state index is -0.753. The molecule has 1 unspecified atom stereocenters. The molecule has 0 heterocycles. The van der Waals surface area contributed by atoms with Crippen LogP contribution in [0.3, 0.4) is 0 Å². The van der Waals surface area contributed by atoms with Crippen LogP contribution in [0.5, 0.6) is 0 Å². The van der Waals surface area contributed by atoms with Gasteiger partial charge in [0.15, 0.2) is 0 Å². The highest BCUT2D eigenvalue weighted by Crippen LogP contribution is 2.07. The van der Waals surface area contributed by atoms with Gasteiger partial charge in [0.05, 0.1) is 39.1 Å². The molecule has 6 heteroatoms. The van der Waals surface area contributed by atoms with Gasteiger partial charge in [-0.05, 0) is 12.8 Å². The molecule has 0 amide bonds. The Labute approximate surface area is 114 Å². The van der Waals surface area contributed by atoms with Crippen LogP contribution >= 0.6 is 0 Å². The molecular weight excluding hydrogens is 252 g/mol. The fraction of sp³-hybridized carbons (Fsp3) is 0.923. The molecule has 0 bridgehead atoms. The Bertz CT molecular complexity index is 209. The van der Waals surface area contributed by atoms with E-state index >= 15 is 0 Å². The molecule has 19 heavy (non-hydrogen) atoms. The highest BCUT2D eigenvalue weighted by Gasteiger charge is 2.04. The number of carboxylic acids is 1. The molecule has 0 aliphatic heterocycles. The molecule has 0 aromatic rings. The Hall–Kier alpha value is -0.690. The number of carbonyl (C=O) groups is 1. The van der Waals surface area contributed by atoms with Gasteiger partial charge >= 0.3 is 5.97 Å². The second-order valence-corrected chi connectivity index (χ2v) is 4.41. The van der Waals surface area contributed by atoms with Crippen molar-refractivity contribution in [3.8, 4) is 0 Å². The third-order valence-corrected chi connectivity index (χ3v) is 2.60. The zero-order valence-electron chi connectivity index (χ0n) is 11.4. The van der Waals surface area contributed by atoms with Gasteiger partial charge in [-0.3, -0.25) is 4.79 Å². The average molecular weight is 278 g/mol. The minimum absolute atomic E-state index is 0.00447. The summed E-state index contributed by atoms with van der Waals surface area (Å²) in [4.78, 5) is 10.3. The van der Waals surface area contributed by atoms with E-state index < -0.39 is 12.1 Å². The van der Waals surface area contributed by atoms with E-state index in [0.29, 0.717) is 32.7 Å². The largest absolute Gasteiger partial charge is 0.481 e. The second-order valence-electron chi connectivity index (χ2n) is 4.41. The fourth-order valence-electron chi connectivity index (χ4n) is 1.60. The van der Waals surface area contributed by atoms with Crippen LogP contribution in [0.2, 0.25) is 0 Å². The van der Waals surface area contributed by atoms with Gasteiger partial charge in [0.2, 0.25) is 0 Å². The van der Waals surface area contributed by atoms with E-state index in [1.807, 2.05) is 0 Å². The van der Waals surface area contributed by atoms with Crippen LogP contribution < -0.4 is 0 Å². The molecule has 6 nitrogen and oxygen atoms in total. The smallest absolute Gasteiger partial charge is 0.303 e. The van der Waals surface area contributed by atoms with Crippen molar-refractivity contribution < 1.29 is 29.6 Å². The van der Waals surface area contributed by atoms with Gasteiger partial charge in [-0.25, -0.2) is 0 Å². The molecule has 0 aliphatic carbocycles. The molecular formula is C13H26O6. The molecule has 114 valence electrons. The number of carboxylic acid groups (broad SMARTS) is 1. The number of unbranched alkanes of at least 4 members (excludes halogenated alkanes) is 3. The van der Waals surface area contributed by atoms with Crippen molar-refractivity contribution in [2.45, 2.75) is 44.6 Å². The molecule has 1 atom stereocenters. The van der Waals surface area contributed by atoms with Gasteiger partial charge in [-0.1, -0.05) is 19.3 Å². The standard InChI is InChI=1S/C13H26O6/c14-7-8-18-9-10-19-11-12(15)5-3-1-2-4-6-13(16)17/h12,14-15H,1-11H2,(H,16,17). The first-order valence-corrected chi connectivity index (χ1v) is 6.83. The van der Waals surface area contributed by atoms with Crippen LogP contribution in [0.25, 0.3) is 0 Å². The highest BCUT2D eigenvalue weighted by molar-refractivity contribution is 5.66. The molecule has 0 spiro atoms. The predicted octanol–water partition coefficient (Wildman–Crippen LogP) is 0.798. The van der Waals surface area contributed by atoms with Crippen molar-refractivity contribution in [2.75, 3.05) is 33.0 Å². The van der Waals surface area contributed by atoms with E-state index in [2.05, 4.69) is 0 Å². The monoisotopic (exact) mass is 278 g/mol.